The van der Waals surface area contributed by atoms with Gasteiger partial charge in [0.1, 0.15) is 6.04 Å². The van der Waals surface area contributed by atoms with E-state index in [1.54, 1.807) is 42.5 Å². The number of amides is 3. The maximum atomic E-state index is 13.3. The van der Waals surface area contributed by atoms with Crippen LogP contribution >= 0.6 is 11.6 Å². The predicted molar refractivity (Wildman–Crippen MR) is 116 cm³/mol. The number of nitrogens with one attached hydrogen (secondary N) is 1. The third kappa shape index (κ3) is 3.72. The van der Waals surface area contributed by atoms with Crippen molar-refractivity contribution in [2.24, 2.45) is 0 Å². The van der Waals surface area contributed by atoms with Gasteiger partial charge in [0.25, 0.3) is 11.8 Å². The lowest BCUT2D eigenvalue weighted by Gasteiger charge is -2.26. The summed E-state index contributed by atoms with van der Waals surface area (Å²) in [5.74, 6) is -1.37. The normalized spacial score (nSPS) is 13.9. The number of carbonyl (C=O) groups is 3. The molecule has 0 aromatic heterocycles. The number of carbonyl (C=O) groups excluding carboxylic acids is 3. The van der Waals surface area contributed by atoms with Crippen molar-refractivity contribution in [1.82, 2.24) is 4.90 Å². The molecule has 0 unspecified atom stereocenters. The molecule has 1 heterocycles. The number of hydrogen-bond acceptors (Lipinski definition) is 3. The fourth-order valence-corrected chi connectivity index (χ4v) is 3.75. The molecule has 0 radical (unpaired) electrons. The van der Waals surface area contributed by atoms with Crippen molar-refractivity contribution in [3.8, 4) is 0 Å². The first kappa shape index (κ1) is 19.9. The third-order valence-corrected chi connectivity index (χ3v) is 5.40. The number of aryl methyl sites for hydroxylation is 1. The summed E-state index contributed by atoms with van der Waals surface area (Å²) in [6.07, 6.45) is 0.206. The van der Waals surface area contributed by atoms with E-state index in [1.165, 1.54) is 0 Å². The Labute approximate surface area is 179 Å². The van der Waals surface area contributed by atoms with Gasteiger partial charge in [-0.1, -0.05) is 60.1 Å². The van der Waals surface area contributed by atoms with Gasteiger partial charge in [-0.2, -0.15) is 0 Å². The molecular weight excluding hydrogens is 400 g/mol. The van der Waals surface area contributed by atoms with Gasteiger partial charge < -0.3 is 5.32 Å². The highest BCUT2D eigenvalue weighted by molar-refractivity contribution is 6.31. The fraction of sp³-hybridized carbons (Fsp3) is 0.125. The highest BCUT2D eigenvalue weighted by Gasteiger charge is 2.42. The first-order valence-corrected chi connectivity index (χ1v) is 9.91. The second-order valence-corrected chi connectivity index (χ2v) is 7.62. The minimum atomic E-state index is -1.00. The van der Waals surface area contributed by atoms with Crippen molar-refractivity contribution >= 4 is 35.0 Å². The number of rotatable bonds is 5. The molecule has 4 rings (SSSR count). The van der Waals surface area contributed by atoms with Crippen molar-refractivity contribution in [3.05, 3.63) is 100 Å². The smallest absolute Gasteiger partial charge is 0.262 e. The molecule has 0 bridgehead atoms. The zero-order chi connectivity index (χ0) is 21.3. The second kappa shape index (κ2) is 8.13. The molecule has 3 aromatic rings. The predicted octanol–water partition coefficient (Wildman–Crippen LogP) is 4.49. The molecule has 6 heteroatoms. The minimum Gasteiger partial charge on any atom is -0.324 e. The molecule has 0 spiro atoms. The molecule has 0 saturated heterocycles. The number of hydrogen-bond donors (Lipinski definition) is 1. The van der Waals surface area contributed by atoms with Crippen LogP contribution in [-0.4, -0.2) is 28.7 Å². The number of fused-ring (bicyclic) bond motifs is 1. The third-order valence-electron chi connectivity index (χ3n) is 5.17. The van der Waals surface area contributed by atoms with E-state index in [2.05, 4.69) is 5.32 Å². The van der Waals surface area contributed by atoms with Crippen LogP contribution in [0.5, 0.6) is 0 Å². The Morgan fingerprint density at radius 3 is 2.17 bits per heavy atom. The van der Waals surface area contributed by atoms with Crippen molar-refractivity contribution in [2.75, 3.05) is 5.32 Å². The van der Waals surface area contributed by atoms with Crippen molar-refractivity contribution in [2.45, 2.75) is 19.4 Å². The Morgan fingerprint density at radius 1 is 0.933 bits per heavy atom. The summed E-state index contributed by atoms with van der Waals surface area (Å²) in [7, 11) is 0. The zero-order valence-electron chi connectivity index (χ0n) is 16.3. The van der Waals surface area contributed by atoms with Gasteiger partial charge in [-0.25, -0.2) is 0 Å². The molecule has 1 aliphatic rings. The SMILES string of the molecule is Cc1ccc(Cl)cc1NC(=O)[C@@H](Cc1ccccc1)N1C(=O)c2ccccc2C1=O. The highest BCUT2D eigenvalue weighted by atomic mass is 35.5. The fourth-order valence-electron chi connectivity index (χ4n) is 3.57. The van der Waals surface area contributed by atoms with E-state index in [9.17, 15) is 14.4 Å². The lowest BCUT2D eigenvalue weighted by atomic mass is 10.0. The summed E-state index contributed by atoms with van der Waals surface area (Å²) in [4.78, 5) is 40.4. The Kier molecular flexibility index (Phi) is 5.38. The van der Waals surface area contributed by atoms with E-state index in [-0.39, 0.29) is 6.42 Å². The first-order valence-electron chi connectivity index (χ1n) is 9.53. The maximum Gasteiger partial charge on any atom is 0.262 e. The summed E-state index contributed by atoms with van der Waals surface area (Å²) in [5.41, 5.74) is 2.84. The molecule has 5 nitrogen and oxygen atoms in total. The minimum absolute atomic E-state index is 0.206. The number of imide groups is 1. The quantitative estimate of drug-likeness (QED) is 0.620. The molecular formula is C24H19ClN2O3. The molecule has 0 saturated carbocycles. The number of benzene rings is 3. The highest BCUT2D eigenvalue weighted by Crippen LogP contribution is 2.27. The van der Waals surface area contributed by atoms with Gasteiger partial charge in [-0.15, -0.1) is 0 Å². The molecule has 3 amide bonds. The van der Waals surface area contributed by atoms with Crippen LogP contribution in [0.15, 0.2) is 72.8 Å². The number of anilines is 1. The van der Waals surface area contributed by atoms with E-state index in [4.69, 9.17) is 11.6 Å². The van der Waals surface area contributed by atoms with Crippen molar-refractivity contribution < 1.29 is 14.4 Å². The van der Waals surface area contributed by atoms with Crippen LogP contribution in [0.4, 0.5) is 5.69 Å². The molecule has 0 aliphatic carbocycles. The van der Waals surface area contributed by atoms with E-state index in [0.717, 1.165) is 16.0 Å². The molecule has 3 aromatic carbocycles. The van der Waals surface area contributed by atoms with Gasteiger partial charge in [0.2, 0.25) is 5.91 Å². The Bertz CT molecular complexity index is 1110. The van der Waals surface area contributed by atoms with Gasteiger partial charge in [-0.05, 0) is 42.3 Å². The number of nitrogens with zero attached hydrogens (tertiary/aromatic N) is 1. The second-order valence-electron chi connectivity index (χ2n) is 7.18. The van der Waals surface area contributed by atoms with Crippen LogP contribution in [0.2, 0.25) is 5.02 Å². The largest absolute Gasteiger partial charge is 0.324 e. The monoisotopic (exact) mass is 418 g/mol. The Morgan fingerprint density at radius 2 is 1.53 bits per heavy atom. The van der Waals surface area contributed by atoms with E-state index in [1.807, 2.05) is 37.3 Å². The number of halogens is 1. The lowest BCUT2D eigenvalue weighted by molar-refractivity contribution is -0.119. The average molecular weight is 419 g/mol. The van der Waals surface area contributed by atoms with Gasteiger partial charge in [-0.3, -0.25) is 19.3 Å². The average Bonchev–Trinajstić information content (AvgIpc) is 3.00. The van der Waals surface area contributed by atoms with Crippen LogP contribution in [0.25, 0.3) is 0 Å². The van der Waals surface area contributed by atoms with Gasteiger partial charge in [0, 0.05) is 17.1 Å². The molecule has 0 fully saturated rings. The van der Waals surface area contributed by atoms with Crippen LogP contribution in [0.1, 0.15) is 31.8 Å². The summed E-state index contributed by atoms with van der Waals surface area (Å²) in [6, 6.07) is 20.1. The lowest BCUT2D eigenvalue weighted by Crippen LogP contribution is -2.48. The van der Waals surface area contributed by atoms with E-state index >= 15 is 0 Å². The van der Waals surface area contributed by atoms with Crippen LogP contribution < -0.4 is 5.32 Å². The van der Waals surface area contributed by atoms with Crippen molar-refractivity contribution in [3.63, 3.8) is 0 Å². The van der Waals surface area contributed by atoms with Crippen LogP contribution in [0, 0.1) is 6.92 Å². The van der Waals surface area contributed by atoms with Gasteiger partial charge >= 0.3 is 0 Å². The first-order chi connectivity index (χ1) is 14.5. The molecule has 1 atom stereocenters. The van der Waals surface area contributed by atoms with Crippen molar-refractivity contribution in [1.29, 1.82) is 0 Å². The Balaban J connectivity index is 1.70. The maximum absolute atomic E-state index is 13.3. The summed E-state index contributed by atoms with van der Waals surface area (Å²) < 4.78 is 0. The summed E-state index contributed by atoms with van der Waals surface area (Å²) in [5, 5.41) is 3.33. The van der Waals surface area contributed by atoms with Gasteiger partial charge in [0.05, 0.1) is 11.1 Å². The van der Waals surface area contributed by atoms with E-state index < -0.39 is 23.8 Å². The Hall–Kier alpha value is -3.44. The van der Waals surface area contributed by atoms with Gasteiger partial charge in [0.15, 0.2) is 0 Å². The molecule has 1 N–H and O–H groups in total. The topological polar surface area (TPSA) is 66.5 Å². The van der Waals surface area contributed by atoms with Crippen LogP contribution in [-0.2, 0) is 11.2 Å². The molecule has 1 aliphatic heterocycles. The standard InChI is InChI=1S/C24H19ClN2O3/c1-15-11-12-17(25)14-20(15)26-22(28)21(13-16-7-3-2-4-8-16)27-23(29)18-9-5-6-10-19(18)24(27)30/h2-12,14,21H,13H2,1H3,(H,26,28)/t21-/m1/s1. The summed E-state index contributed by atoms with van der Waals surface area (Å²) >= 11 is 6.07. The van der Waals surface area contributed by atoms with E-state index in [0.29, 0.717) is 21.8 Å². The zero-order valence-corrected chi connectivity index (χ0v) is 17.0. The van der Waals surface area contributed by atoms with Crippen LogP contribution in [0.3, 0.4) is 0 Å². The molecule has 150 valence electrons. The molecule has 30 heavy (non-hydrogen) atoms. The summed E-state index contributed by atoms with van der Waals surface area (Å²) in [6.45, 7) is 1.85.